The number of ether oxygens (including phenoxy) is 1. The van der Waals surface area contributed by atoms with Gasteiger partial charge in [-0.1, -0.05) is 58.7 Å². The van der Waals surface area contributed by atoms with E-state index in [1.807, 2.05) is 37.3 Å². The summed E-state index contributed by atoms with van der Waals surface area (Å²) in [5.41, 5.74) is 3.44. The van der Waals surface area contributed by atoms with Gasteiger partial charge in [0, 0.05) is 5.56 Å². The number of hydrogen-bond donors (Lipinski definition) is 0. The molecular weight excluding hydrogens is 321 g/mol. The second kappa shape index (κ2) is 6.03. The Bertz CT molecular complexity index is 790. The number of rotatable bonds is 3. The van der Waals surface area contributed by atoms with Crippen LogP contribution in [0.2, 0.25) is 10.0 Å². The van der Waals surface area contributed by atoms with Gasteiger partial charge in [0.15, 0.2) is 5.75 Å². The van der Waals surface area contributed by atoms with Gasteiger partial charge in [0.2, 0.25) is 0 Å². The summed E-state index contributed by atoms with van der Waals surface area (Å²) in [5.74, 6) is 1.19. The summed E-state index contributed by atoms with van der Waals surface area (Å²) in [6, 6.07) is 13.5. The summed E-state index contributed by atoms with van der Waals surface area (Å²) in [7, 11) is 1.53. The average molecular weight is 334 g/mol. The maximum absolute atomic E-state index is 6.22. The van der Waals surface area contributed by atoms with Crippen molar-refractivity contribution in [3.63, 3.8) is 0 Å². The molecule has 1 heterocycles. The van der Waals surface area contributed by atoms with Crippen LogP contribution in [-0.2, 0) is 0 Å². The summed E-state index contributed by atoms with van der Waals surface area (Å²) < 4.78 is 10.6. The third kappa shape index (κ3) is 2.58. The number of hydrogen-bond acceptors (Lipinski definition) is 3. The molecule has 22 heavy (non-hydrogen) atoms. The number of aromatic nitrogens is 1. The Morgan fingerprint density at radius 1 is 1.00 bits per heavy atom. The molecular formula is C17H13Cl2NO2. The maximum Gasteiger partial charge on any atom is 0.156 e. The van der Waals surface area contributed by atoms with Gasteiger partial charge < -0.3 is 9.26 Å². The van der Waals surface area contributed by atoms with Gasteiger partial charge in [0.25, 0.3) is 0 Å². The zero-order valence-electron chi connectivity index (χ0n) is 12.1. The minimum atomic E-state index is 0.435. The lowest BCUT2D eigenvalue weighted by Gasteiger charge is -2.08. The second-order valence-electron chi connectivity index (χ2n) is 4.80. The van der Waals surface area contributed by atoms with Crippen LogP contribution in [0, 0.1) is 6.92 Å². The normalized spacial score (nSPS) is 10.7. The molecule has 0 aliphatic carbocycles. The molecule has 0 saturated carbocycles. The smallest absolute Gasteiger partial charge is 0.156 e. The molecule has 1 aromatic heterocycles. The maximum atomic E-state index is 6.22. The first kappa shape index (κ1) is 14.9. The molecule has 0 fully saturated rings. The van der Waals surface area contributed by atoms with Crippen molar-refractivity contribution in [3.05, 3.63) is 58.3 Å². The summed E-state index contributed by atoms with van der Waals surface area (Å²) in [6.07, 6.45) is 0. The van der Waals surface area contributed by atoms with Crippen molar-refractivity contribution < 1.29 is 9.26 Å². The van der Waals surface area contributed by atoms with Crippen LogP contribution >= 0.6 is 23.2 Å². The monoisotopic (exact) mass is 333 g/mol. The van der Waals surface area contributed by atoms with Crippen LogP contribution in [0.1, 0.15) is 5.76 Å². The van der Waals surface area contributed by atoms with Crippen LogP contribution in [0.3, 0.4) is 0 Å². The Hall–Kier alpha value is -1.97. The molecule has 0 amide bonds. The first-order valence-electron chi connectivity index (χ1n) is 6.67. The Morgan fingerprint density at radius 2 is 1.64 bits per heavy atom. The highest BCUT2D eigenvalue weighted by Crippen LogP contribution is 2.40. The van der Waals surface area contributed by atoms with Crippen LogP contribution in [0.5, 0.6) is 5.75 Å². The Kier molecular flexibility index (Phi) is 4.10. The van der Waals surface area contributed by atoms with E-state index in [9.17, 15) is 0 Å². The predicted molar refractivity (Wildman–Crippen MR) is 88.7 cm³/mol. The zero-order chi connectivity index (χ0) is 15.7. The van der Waals surface area contributed by atoms with E-state index in [2.05, 4.69) is 5.16 Å². The van der Waals surface area contributed by atoms with E-state index in [0.29, 0.717) is 21.5 Å². The lowest BCUT2D eigenvalue weighted by molar-refractivity contribution is 0.400. The van der Waals surface area contributed by atoms with Gasteiger partial charge in [-0.3, -0.25) is 0 Å². The van der Waals surface area contributed by atoms with E-state index in [1.165, 1.54) is 7.11 Å². The lowest BCUT2D eigenvalue weighted by Crippen LogP contribution is -1.89. The van der Waals surface area contributed by atoms with Crippen molar-refractivity contribution in [2.45, 2.75) is 6.92 Å². The standard InChI is InChI=1S/C17H13Cl2NO2/c1-10-15(11-6-4-3-5-7-11)16(20-22-10)12-8-13(18)17(21-2)14(19)9-12/h3-9H,1-2H3. The van der Waals surface area contributed by atoms with Crippen LogP contribution in [-0.4, -0.2) is 12.3 Å². The van der Waals surface area contributed by atoms with E-state index < -0.39 is 0 Å². The highest BCUT2D eigenvalue weighted by atomic mass is 35.5. The van der Waals surface area contributed by atoms with Gasteiger partial charge in [-0.15, -0.1) is 0 Å². The molecule has 0 saturated heterocycles. The molecule has 0 N–H and O–H groups in total. The van der Waals surface area contributed by atoms with Crippen molar-refractivity contribution in [2.75, 3.05) is 7.11 Å². The first-order chi connectivity index (χ1) is 10.6. The van der Waals surface area contributed by atoms with Crippen molar-refractivity contribution in [1.29, 1.82) is 0 Å². The topological polar surface area (TPSA) is 35.3 Å². The fourth-order valence-electron chi connectivity index (χ4n) is 2.41. The number of methoxy groups -OCH3 is 1. The summed E-state index contributed by atoms with van der Waals surface area (Å²) >= 11 is 12.4. The van der Waals surface area contributed by atoms with E-state index in [1.54, 1.807) is 12.1 Å². The molecule has 0 atom stereocenters. The zero-order valence-corrected chi connectivity index (χ0v) is 13.6. The van der Waals surface area contributed by atoms with Gasteiger partial charge in [0.05, 0.1) is 22.7 Å². The fraction of sp³-hybridized carbons (Fsp3) is 0.118. The molecule has 112 valence electrons. The fourth-order valence-corrected chi connectivity index (χ4v) is 3.05. The lowest BCUT2D eigenvalue weighted by atomic mass is 9.99. The molecule has 0 radical (unpaired) electrons. The minimum Gasteiger partial charge on any atom is -0.494 e. The van der Waals surface area contributed by atoms with Crippen LogP contribution in [0.4, 0.5) is 0 Å². The quantitative estimate of drug-likeness (QED) is 0.622. The van der Waals surface area contributed by atoms with Crippen LogP contribution in [0.15, 0.2) is 47.0 Å². The number of nitrogens with zero attached hydrogens (tertiary/aromatic N) is 1. The van der Waals surface area contributed by atoms with Gasteiger partial charge in [0.1, 0.15) is 11.5 Å². The third-order valence-electron chi connectivity index (χ3n) is 3.40. The minimum absolute atomic E-state index is 0.435. The molecule has 3 rings (SSSR count). The van der Waals surface area contributed by atoms with Crippen molar-refractivity contribution in [3.8, 4) is 28.1 Å². The van der Waals surface area contributed by atoms with E-state index in [0.717, 1.165) is 22.5 Å². The van der Waals surface area contributed by atoms with Crippen molar-refractivity contribution in [2.24, 2.45) is 0 Å². The second-order valence-corrected chi connectivity index (χ2v) is 5.62. The molecule has 5 heteroatoms. The number of halogens is 2. The number of aryl methyl sites for hydroxylation is 1. The highest BCUT2D eigenvalue weighted by molar-refractivity contribution is 6.37. The Labute approximate surface area is 138 Å². The highest BCUT2D eigenvalue weighted by Gasteiger charge is 2.19. The third-order valence-corrected chi connectivity index (χ3v) is 3.96. The van der Waals surface area contributed by atoms with Gasteiger partial charge in [-0.25, -0.2) is 0 Å². The molecule has 3 nitrogen and oxygen atoms in total. The molecule has 0 unspecified atom stereocenters. The molecule has 0 aliphatic heterocycles. The molecule has 3 aromatic rings. The van der Waals surface area contributed by atoms with Gasteiger partial charge in [-0.2, -0.15) is 0 Å². The summed E-state index contributed by atoms with van der Waals surface area (Å²) in [4.78, 5) is 0. The molecule has 0 bridgehead atoms. The van der Waals surface area contributed by atoms with E-state index in [4.69, 9.17) is 32.5 Å². The SMILES string of the molecule is COc1c(Cl)cc(-c2noc(C)c2-c2ccccc2)cc1Cl. The van der Waals surface area contributed by atoms with E-state index in [-0.39, 0.29) is 0 Å². The number of benzene rings is 2. The van der Waals surface area contributed by atoms with Crippen molar-refractivity contribution >= 4 is 23.2 Å². The predicted octanol–water partition coefficient (Wildman–Crippen LogP) is 5.63. The molecule has 0 spiro atoms. The van der Waals surface area contributed by atoms with Gasteiger partial charge >= 0.3 is 0 Å². The Balaban J connectivity index is 2.19. The van der Waals surface area contributed by atoms with E-state index >= 15 is 0 Å². The van der Waals surface area contributed by atoms with Gasteiger partial charge in [-0.05, 0) is 24.6 Å². The Morgan fingerprint density at radius 3 is 2.23 bits per heavy atom. The van der Waals surface area contributed by atoms with Crippen LogP contribution in [0.25, 0.3) is 22.4 Å². The largest absolute Gasteiger partial charge is 0.494 e. The molecule has 2 aromatic carbocycles. The average Bonchev–Trinajstić information content (AvgIpc) is 2.89. The summed E-state index contributed by atoms with van der Waals surface area (Å²) in [6.45, 7) is 1.88. The summed E-state index contributed by atoms with van der Waals surface area (Å²) in [5, 5.41) is 5.04. The van der Waals surface area contributed by atoms with Crippen molar-refractivity contribution in [1.82, 2.24) is 5.16 Å². The molecule has 0 aliphatic rings. The van der Waals surface area contributed by atoms with Crippen LogP contribution < -0.4 is 4.74 Å². The first-order valence-corrected chi connectivity index (χ1v) is 7.42.